The van der Waals surface area contributed by atoms with Gasteiger partial charge >= 0.3 is 12.0 Å². The molecule has 1 aromatic rings. The van der Waals surface area contributed by atoms with Crippen molar-refractivity contribution in [2.75, 3.05) is 18.9 Å². The van der Waals surface area contributed by atoms with E-state index in [4.69, 9.17) is 5.11 Å². The molecule has 5 nitrogen and oxygen atoms in total. The number of carbonyl (C=O) groups is 2. The summed E-state index contributed by atoms with van der Waals surface area (Å²) in [6, 6.07) is 4.52. The number of aromatic carboxylic acids is 1. The summed E-state index contributed by atoms with van der Waals surface area (Å²) in [5, 5.41) is 11.8. The second kappa shape index (κ2) is 5.53. The van der Waals surface area contributed by atoms with Gasteiger partial charge in [0.05, 0.1) is 5.56 Å². The van der Waals surface area contributed by atoms with E-state index in [1.165, 1.54) is 18.6 Å². The molecule has 0 spiro atoms. The Kier molecular flexibility index (Phi) is 3.97. The number of urea groups is 1. The molecule has 2 unspecified atom stereocenters. The number of carboxylic acids is 1. The summed E-state index contributed by atoms with van der Waals surface area (Å²) in [6.07, 6.45) is 1.17. The van der Waals surface area contributed by atoms with Crippen molar-refractivity contribution in [3.8, 4) is 0 Å². The van der Waals surface area contributed by atoms with E-state index >= 15 is 0 Å². The number of nitrogens with one attached hydrogen (secondary N) is 1. The maximum Gasteiger partial charge on any atom is 0.335 e. The van der Waals surface area contributed by atoms with E-state index in [-0.39, 0.29) is 11.6 Å². The molecule has 1 aliphatic carbocycles. The molecular weight excluding hydrogens is 256 g/mol. The molecule has 0 aromatic heterocycles. The lowest BCUT2D eigenvalue weighted by Gasteiger charge is -2.19. The zero-order valence-electron chi connectivity index (χ0n) is 12.0. The second-order valence-electron chi connectivity index (χ2n) is 5.62. The number of amides is 2. The quantitative estimate of drug-likeness (QED) is 0.888. The highest BCUT2D eigenvalue weighted by atomic mass is 16.4. The number of aryl methyl sites for hydroxylation is 1. The first-order valence-electron chi connectivity index (χ1n) is 6.74. The van der Waals surface area contributed by atoms with E-state index in [1.807, 2.05) is 6.92 Å². The van der Waals surface area contributed by atoms with Crippen molar-refractivity contribution in [2.45, 2.75) is 20.3 Å². The molecule has 0 saturated heterocycles. The molecule has 1 aromatic carbocycles. The first-order chi connectivity index (χ1) is 9.38. The summed E-state index contributed by atoms with van der Waals surface area (Å²) in [5.41, 5.74) is 1.56. The normalized spacial score (nSPS) is 20.4. The van der Waals surface area contributed by atoms with Crippen molar-refractivity contribution in [1.29, 1.82) is 0 Å². The summed E-state index contributed by atoms with van der Waals surface area (Å²) in [6.45, 7) is 4.76. The van der Waals surface area contributed by atoms with Gasteiger partial charge in [-0.1, -0.05) is 13.0 Å². The third-order valence-corrected chi connectivity index (χ3v) is 3.86. The number of anilines is 1. The van der Waals surface area contributed by atoms with Crippen molar-refractivity contribution < 1.29 is 14.7 Å². The monoisotopic (exact) mass is 276 g/mol. The molecule has 2 rings (SSSR count). The van der Waals surface area contributed by atoms with Crippen LogP contribution in [0.25, 0.3) is 0 Å². The topological polar surface area (TPSA) is 69.6 Å². The van der Waals surface area contributed by atoms with Gasteiger partial charge in [0.25, 0.3) is 0 Å². The van der Waals surface area contributed by atoms with Crippen LogP contribution in [-0.2, 0) is 0 Å². The highest BCUT2D eigenvalue weighted by molar-refractivity contribution is 5.93. The van der Waals surface area contributed by atoms with Gasteiger partial charge in [-0.05, 0) is 42.9 Å². The number of hydrogen-bond donors (Lipinski definition) is 2. The average molecular weight is 276 g/mol. The third-order valence-electron chi connectivity index (χ3n) is 3.86. The van der Waals surface area contributed by atoms with Gasteiger partial charge in [-0.15, -0.1) is 0 Å². The molecule has 1 aliphatic rings. The number of nitrogens with zero attached hydrogens (tertiary/aromatic N) is 1. The summed E-state index contributed by atoms with van der Waals surface area (Å²) in [5.74, 6) is 0.292. The van der Waals surface area contributed by atoms with E-state index in [2.05, 4.69) is 12.2 Å². The van der Waals surface area contributed by atoms with Crippen molar-refractivity contribution in [3.05, 3.63) is 29.3 Å². The summed E-state index contributed by atoms with van der Waals surface area (Å²) in [7, 11) is 1.76. The van der Waals surface area contributed by atoms with Crippen LogP contribution in [0.1, 0.15) is 29.3 Å². The minimum Gasteiger partial charge on any atom is -0.478 e. The Morgan fingerprint density at radius 1 is 1.45 bits per heavy atom. The fraction of sp³-hybridized carbons (Fsp3) is 0.467. The van der Waals surface area contributed by atoms with Crippen LogP contribution >= 0.6 is 0 Å². The molecular formula is C15H20N2O3. The van der Waals surface area contributed by atoms with E-state index in [0.29, 0.717) is 17.5 Å². The molecule has 1 fully saturated rings. The molecule has 108 valence electrons. The van der Waals surface area contributed by atoms with Gasteiger partial charge in [0, 0.05) is 19.3 Å². The fourth-order valence-electron chi connectivity index (χ4n) is 2.19. The van der Waals surface area contributed by atoms with E-state index in [9.17, 15) is 9.59 Å². The number of benzene rings is 1. The Hall–Kier alpha value is -2.04. The Labute approximate surface area is 118 Å². The third kappa shape index (κ3) is 3.29. The minimum atomic E-state index is -0.999. The number of carbonyl (C=O) groups excluding carboxylic acids is 1. The van der Waals surface area contributed by atoms with Crippen molar-refractivity contribution in [3.63, 3.8) is 0 Å². The standard InChI is InChI=1S/C15H20N2O3/c1-9-4-5-11(14(18)19)7-13(9)16-15(20)17(3)8-12-6-10(12)2/h4-5,7,10,12H,6,8H2,1-3H3,(H,16,20)(H,18,19). The second-order valence-corrected chi connectivity index (χ2v) is 5.62. The molecule has 0 aliphatic heterocycles. The van der Waals surface area contributed by atoms with Crippen molar-refractivity contribution in [1.82, 2.24) is 4.90 Å². The molecule has 2 atom stereocenters. The van der Waals surface area contributed by atoms with Crippen LogP contribution in [-0.4, -0.2) is 35.6 Å². The highest BCUT2D eigenvalue weighted by Crippen LogP contribution is 2.38. The lowest BCUT2D eigenvalue weighted by Crippen LogP contribution is -2.33. The fourth-order valence-corrected chi connectivity index (χ4v) is 2.19. The van der Waals surface area contributed by atoms with Crippen LogP contribution in [0.3, 0.4) is 0 Å². The van der Waals surface area contributed by atoms with Crippen LogP contribution in [0.5, 0.6) is 0 Å². The first-order valence-corrected chi connectivity index (χ1v) is 6.74. The maximum atomic E-state index is 12.1. The SMILES string of the molecule is Cc1ccc(C(=O)O)cc1NC(=O)N(C)CC1CC1C. The predicted octanol–water partition coefficient (Wildman–Crippen LogP) is 2.81. The molecule has 1 saturated carbocycles. The molecule has 0 bridgehead atoms. The van der Waals surface area contributed by atoms with Crippen LogP contribution in [0, 0.1) is 18.8 Å². The van der Waals surface area contributed by atoms with Gasteiger partial charge in [0.2, 0.25) is 0 Å². The lowest BCUT2D eigenvalue weighted by atomic mass is 10.1. The van der Waals surface area contributed by atoms with E-state index < -0.39 is 5.97 Å². The van der Waals surface area contributed by atoms with Gasteiger partial charge < -0.3 is 15.3 Å². The summed E-state index contributed by atoms with van der Waals surface area (Å²) >= 11 is 0. The van der Waals surface area contributed by atoms with Gasteiger partial charge in [0.1, 0.15) is 0 Å². The Bertz CT molecular complexity index is 542. The van der Waals surface area contributed by atoms with Gasteiger partial charge in [-0.3, -0.25) is 0 Å². The van der Waals surface area contributed by atoms with Crippen LogP contribution < -0.4 is 5.32 Å². The molecule has 2 amide bonds. The average Bonchev–Trinajstić information content (AvgIpc) is 3.07. The molecule has 2 N–H and O–H groups in total. The van der Waals surface area contributed by atoms with Gasteiger partial charge in [0.15, 0.2) is 0 Å². The summed E-state index contributed by atoms with van der Waals surface area (Å²) in [4.78, 5) is 24.7. The predicted molar refractivity (Wildman–Crippen MR) is 77.1 cm³/mol. The van der Waals surface area contributed by atoms with E-state index in [0.717, 1.165) is 12.1 Å². The van der Waals surface area contributed by atoms with Gasteiger partial charge in [-0.2, -0.15) is 0 Å². The molecule has 0 heterocycles. The van der Waals surface area contributed by atoms with Crippen LogP contribution in [0.4, 0.5) is 10.5 Å². The van der Waals surface area contributed by atoms with Crippen LogP contribution in [0.2, 0.25) is 0 Å². The van der Waals surface area contributed by atoms with Crippen LogP contribution in [0.15, 0.2) is 18.2 Å². The summed E-state index contributed by atoms with van der Waals surface area (Å²) < 4.78 is 0. The van der Waals surface area contributed by atoms with Crippen molar-refractivity contribution >= 4 is 17.7 Å². The smallest absolute Gasteiger partial charge is 0.335 e. The zero-order valence-corrected chi connectivity index (χ0v) is 12.0. The van der Waals surface area contributed by atoms with Gasteiger partial charge in [-0.25, -0.2) is 9.59 Å². The lowest BCUT2D eigenvalue weighted by molar-refractivity contribution is 0.0697. The highest BCUT2D eigenvalue weighted by Gasteiger charge is 2.34. The first kappa shape index (κ1) is 14.4. The molecule has 20 heavy (non-hydrogen) atoms. The van der Waals surface area contributed by atoms with Crippen molar-refractivity contribution in [2.24, 2.45) is 11.8 Å². The zero-order chi connectivity index (χ0) is 14.9. The number of rotatable bonds is 4. The largest absolute Gasteiger partial charge is 0.478 e. The maximum absolute atomic E-state index is 12.1. The van der Waals surface area contributed by atoms with E-state index in [1.54, 1.807) is 18.0 Å². The minimum absolute atomic E-state index is 0.171. The number of hydrogen-bond acceptors (Lipinski definition) is 2. The molecule has 0 radical (unpaired) electrons. The Balaban J connectivity index is 2.02. The Morgan fingerprint density at radius 3 is 2.65 bits per heavy atom. The number of carboxylic acid groups (broad SMARTS) is 1. The Morgan fingerprint density at radius 2 is 2.10 bits per heavy atom. The molecule has 5 heteroatoms.